The molecule has 0 fully saturated rings. The van der Waals surface area contributed by atoms with E-state index in [-0.39, 0.29) is 16.4 Å². The Balaban J connectivity index is 2.23. The number of aromatic nitrogens is 1. The minimum Gasteiger partial charge on any atom is -0.472 e. The Hall–Kier alpha value is -2.41. The van der Waals surface area contributed by atoms with E-state index in [4.69, 9.17) is 16.0 Å². The number of pyridine rings is 1. The number of nitro groups is 1. The molecule has 2 rings (SSSR count). The molecule has 0 radical (unpaired) electrons. The summed E-state index contributed by atoms with van der Waals surface area (Å²) < 4.78 is 4.91. The predicted molar refractivity (Wildman–Crippen MR) is 70.4 cm³/mol. The third kappa shape index (κ3) is 2.94. The first kappa shape index (κ1) is 14.0. The van der Waals surface area contributed by atoms with Crippen LogP contribution in [0.3, 0.4) is 0 Å². The Kier molecular flexibility index (Phi) is 3.99. The van der Waals surface area contributed by atoms with Gasteiger partial charge in [-0.2, -0.15) is 0 Å². The van der Waals surface area contributed by atoms with Gasteiger partial charge in [0.05, 0.1) is 23.0 Å². The fourth-order valence-electron chi connectivity index (χ4n) is 1.62. The number of carbonyl (C=O) groups is 1. The molecular weight excluding hydrogens is 286 g/mol. The fourth-order valence-corrected chi connectivity index (χ4v) is 1.80. The Morgan fingerprint density at radius 1 is 1.60 bits per heavy atom. The normalized spacial score (nSPS) is 10.3. The minimum atomic E-state index is -0.629. The molecule has 0 unspecified atom stereocenters. The molecule has 0 aliphatic rings. The number of nitrogens with zero attached hydrogens (tertiary/aromatic N) is 3. The van der Waals surface area contributed by atoms with Gasteiger partial charge in [-0.05, 0) is 6.07 Å². The molecule has 0 aromatic carbocycles. The molecule has 0 saturated heterocycles. The van der Waals surface area contributed by atoms with Gasteiger partial charge >= 0.3 is 0 Å². The molecule has 8 heteroatoms. The van der Waals surface area contributed by atoms with E-state index in [1.54, 1.807) is 13.1 Å². The van der Waals surface area contributed by atoms with Crippen LogP contribution in [0.2, 0.25) is 5.15 Å². The number of furan rings is 1. The van der Waals surface area contributed by atoms with Crippen LogP contribution in [-0.2, 0) is 6.54 Å². The van der Waals surface area contributed by atoms with E-state index in [0.29, 0.717) is 6.54 Å². The van der Waals surface area contributed by atoms with Crippen molar-refractivity contribution in [3.63, 3.8) is 0 Å². The van der Waals surface area contributed by atoms with Crippen LogP contribution in [0.5, 0.6) is 0 Å². The second-order valence-corrected chi connectivity index (χ2v) is 4.44. The molecule has 0 aliphatic carbocycles. The van der Waals surface area contributed by atoms with E-state index in [1.165, 1.54) is 17.4 Å². The maximum atomic E-state index is 12.2. The van der Waals surface area contributed by atoms with Crippen molar-refractivity contribution in [2.75, 3.05) is 7.05 Å². The van der Waals surface area contributed by atoms with E-state index < -0.39 is 10.8 Å². The third-order valence-corrected chi connectivity index (χ3v) is 2.91. The summed E-state index contributed by atoms with van der Waals surface area (Å²) in [4.78, 5) is 27.3. The second kappa shape index (κ2) is 5.70. The molecule has 0 saturated carbocycles. The summed E-state index contributed by atoms with van der Waals surface area (Å²) in [6.45, 7) is 0.300. The molecule has 0 spiro atoms. The smallest absolute Gasteiger partial charge is 0.288 e. The van der Waals surface area contributed by atoms with Crippen molar-refractivity contribution in [3.05, 3.63) is 57.3 Å². The number of hydrogen-bond donors (Lipinski definition) is 0. The summed E-state index contributed by atoms with van der Waals surface area (Å²) in [5, 5.41) is 10.6. The van der Waals surface area contributed by atoms with E-state index in [1.807, 2.05) is 0 Å². The van der Waals surface area contributed by atoms with Crippen LogP contribution in [0.15, 0.2) is 35.3 Å². The molecule has 1 amide bonds. The quantitative estimate of drug-likeness (QED) is 0.491. The largest absolute Gasteiger partial charge is 0.472 e. The SMILES string of the molecule is CN(Cc1ccoc1)C(=O)c1cc([N+](=O)[O-])cnc1Cl. The lowest BCUT2D eigenvalue weighted by atomic mass is 10.2. The first-order chi connectivity index (χ1) is 9.49. The van der Waals surface area contributed by atoms with Crippen LogP contribution in [0.1, 0.15) is 15.9 Å². The zero-order chi connectivity index (χ0) is 14.7. The van der Waals surface area contributed by atoms with Gasteiger partial charge in [0.1, 0.15) is 11.3 Å². The highest BCUT2D eigenvalue weighted by atomic mass is 35.5. The Morgan fingerprint density at radius 3 is 2.95 bits per heavy atom. The number of rotatable bonds is 4. The van der Waals surface area contributed by atoms with Gasteiger partial charge in [-0.1, -0.05) is 11.6 Å². The van der Waals surface area contributed by atoms with Gasteiger partial charge in [-0.3, -0.25) is 14.9 Å². The van der Waals surface area contributed by atoms with Gasteiger partial charge in [0.25, 0.3) is 11.6 Å². The summed E-state index contributed by atoms with van der Waals surface area (Å²) in [5.41, 5.74) is 0.511. The van der Waals surface area contributed by atoms with E-state index in [9.17, 15) is 14.9 Å². The summed E-state index contributed by atoms with van der Waals surface area (Å²) in [6, 6.07) is 2.83. The zero-order valence-electron chi connectivity index (χ0n) is 10.4. The Morgan fingerprint density at radius 2 is 2.35 bits per heavy atom. The van der Waals surface area contributed by atoms with Gasteiger partial charge in [0, 0.05) is 25.2 Å². The van der Waals surface area contributed by atoms with Crippen molar-refractivity contribution in [1.29, 1.82) is 0 Å². The lowest BCUT2D eigenvalue weighted by molar-refractivity contribution is -0.385. The Labute approximate surface area is 118 Å². The molecule has 2 aromatic rings. The Bertz CT molecular complexity index is 642. The van der Waals surface area contributed by atoms with Crippen molar-refractivity contribution in [2.45, 2.75) is 6.54 Å². The van der Waals surface area contributed by atoms with Crippen LogP contribution in [0.4, 0.5) is 5.69 Å². The number of halogens is 1. The minimum absolute atomic E-state index is 0.00754. The van der Waals surface area contributed by atoms with Crippen LogP contribution in [0, 0.1) is 10.1 Å². The van der Waals surface area contributed by atoms with Gasteiger partial charge in [-0.15, -0.1) is 0 Å². The van der Waals surface area contributed by atoms with Crippen LogP contribution in [0.25, 0.3) is 0 Å². The molecule has 2 heterocycles. The first-order valence-corrected chi connectivity index (χ1v) is 5.93. The lowest BCUT2D eigenvalue weighted by Crippen LogP contribution is -2.26. The van der Waals surface area contributed by atoms with Crippen molar-refractivity contribution in [2.24, 2.45) is 0 Å². The summed E-state index contributed by atoms with van der Waals surface area (Å²) in [6.07, 6.45) is 4.02. The van der Waals surface area contributed by atoms with Gasteiger partial charge in [-0.25, -0.2) is 4.98 Å². The van der Waals surface area contributed by atoms with Gasteiger partial charge < -0.3 is 9.32 Å². The first-order valence-electron chi connectivity index (χ1n) is 5.55. The van der Waals surface area contributed by atoms with Crippen molar-refractivity contribution >= 4 is 23.2 Å². The molecule has 20 heavy (non-hydrogen) atoms. The maximum absolute atomic E-state index is 12.2. The predicted octanol–water partition coefficient (Wildman–Crippen LogP) is 2.51. The lowest BCUT2D eigenvalue weighted by Gasteiger charge is -2.16. The molecule has 0 N–H and O–H groups in total. The highest BCUT2D eigenvalue weighted by Gasteiger charge is 2.20. The van der Waals surface area contributed by atoms with Gasteiger partial charge in [0.15, 0.2) is 0 Å². The highest BCUT2D eigenvalue weighted by Crippen LogP contribution is 2.21. The zero-order valence-corrected chi connectivity index (χ0v) is 11.2. The van der Waals surface area contributed by atoms with Crippen LogP contribution < -0.4 is 0 Å². The molecule has 0 aliphatic heterocycles. The second-order valence-electron chi connectivity index (χ2n) is 4.08. The molecule has 7 nitrogen and oxygen atoms in total. The average Bonchev–Trinajstić information content (AvgIpc) is 2.91. The van der Waals surface area contributed by atoms with Crippen LogP contribution >= 0.6 is 11.6 Å². The van der Waals surface area contributed by atoms with E-state index in [0.717, 1.165) is 17.8 Å². The van der Waals surface area contributed by atoms with Crippen molar-refractivity contribution in [3.8, 4) is 0 Å². The molecule has 104 valence electrons. The maximum Gasteiger partial charge on any atom is 0.288 e. The highest BCUT2D eigenvalue weighted by molar-refractivity contribution is 6.32. The molecule has 2 aromatic heterocycles. The van der Waals surface area contributed by atoms with Crippen molar-refractivity contribution in [1.82, 2.24) is 9.88 Å². The molecular formula is C12H10ClN3O4. The monoisotopic (exact) mass is 295 g/mol. The van der Waals surface area contributed by atoms with E-state index in [2.05, 4.69) is 4.98 Å². The van der Waals surface area contributed by atoms with E-state index >= 15 is 0 Å². The summed E-state index contributed by atoms with van der Waals surface area (Å²) in [5.74, 6) is -0.451. The fraction of sp³-hybridized carbons (Fsp3) is 0.167. The third-order valence-electron chi connectivity index (χ3n) is 2.61. The molecule has 0 atom stereocenters. The number of carbonyl (C=O) groups excluding carboxylic acids is 1. The average molecular weight is 296 g/mol. The molecule has 0 bridgehead atoms. The standard InChI is InChI=1S/C12H10ClN3O4/c1-15(6-8-2-3-20-7-8)12(17)10-4-9(16(18)19)5-14-11(10)13/h2-5,7H,6H2,1H3. The number of hydrogen-bond acceptors (Lipinski definition) is 5. The number of amides is 1. The summed E-state index contributed by atoms with van der Waals surface area (Å²) in [7, 11) is 1.56. The topological polar surface area (TPSA) is 89.5 Å². The van der Waals surface area contributed by atoms with Crippen molar-refractivity contribution < 1.29 is 14.1 Å². The van der Waals surface area contributed by atoms with Gasteiger partial charge in [0.2, 0.25) is 0 Å². The van der Waals surface area contributed by atoms with Crippen LogP contribution in [-0.4, -0.2) is 27.8 Å². The summed E-state index contributed by atoms with van der Waals surface area (Å²) >= 11 is 5.82.